The molecule has 0 spiro atoms. The summed E-state index contributed by atoms with van der Waals surface area (Å²) in [6, 6.07) is 9.13. The number of benzene rings is 1. The summed E-state index contributed by atoms with van der Waals surface area (Å²) in [6.07, 6.45) is 3.86. The minimum atomic E-state index is -3.54. The first kappa shape index (κ1) is 22.0. The Kier molecular flexibility index (Phi) is 6.20. The molecule has 1 amide bonds. The fraction of sp³-hybridized carbons (Fsp3) is 0.478. The van der Waals surface area contributed by atoms with Crippen LogP contribution in [0.4, 0.5) is 5.00 Å². The number of anilines is 1. The van der Waals surface area contributed by atoms with E-state index in [1.807, 2.05) is 6.92 Å². The van der Waals surface area contributed by atoms with Gasteiger partial charge in [-0.1, -0.05) is 24.6 Å². The normalized spacial score (nSPS) is 20.1. The number of sulfonamides is 1. The molecule has 164 valence electrons. The summed E-state index contributed by atoms with van der Waals surface area (Å²) in [4.78, 5) is 14.4. The van der Waals surface area contributed by atoms with Crippen LogP contribution in [0.25, 0.3) is 0 Å². The lowest BCUT2D eigenvalue weighted by molar-refractivity contribution is -0.120. The summed E-state index contributed by atoms with van der Waals surface area (Å²) < 4.78 is 27.2. The van der Waals surface area contributed by atoms with E-state index in [1.165, 1.54) is 20.5 Å². The molecule has 1 N–H and O–H groups in total. The lowest BCUT2D eigenvalue weighted by Crippen LogP contribution is -2.41. The van der Waals surface area contributed by atoms with E-state index in [4.69, 9.17) is 0 Å². The molecule has 1 aromatic carbocycles. The molecule has 8 heteroatoms. The predicted octanol–water partition coefficient (Wildman–Crippen LogP) is 4.09. The number of nitriles is 1. The van der Waals surface area contributed by atoms with Gasteiger partial charge in [0.1, 0.15) is 11.1 Å². The van der Waals surface area contributed by atoms with Crippen molar-refractivity contribution in [2.75, 3.05) is 18.4 Å². The number of piperidine rings is 1. The average molecular weight is 458 g/mol. The molecule has 1 aromatic heterocycles. The molecule has 1 saturated heterocycles. The highest BCUT2D eigenvalue weighted by atomic mass is 32.2. The molecule has 1 unspecified atom stereocenters. The number of aryl methyl sites for hydroxylation is 1. The SMILES string of the molecule is Cc1ccc(S(=O)(=O)N2CCC(C(=O)Nc3sc4c(c3C#N)CCC(C)C4)CC2)cc1. The molecule has 1 aliphatic carbocycles. The number of thiophene rings is 1. The summed E-state index contributed by atoms with van der Waals surface area (Å²) in [5, 5.41) is 13.3. The first-order chi connectivity index (χ1) is 14.8. The third-order valence-corrected chi connectivity index (χ3v) is 9.43. The molecule has 31 heavy (non-hydrogen) atoms. The van der Waals surface area contributed by atoms with Crippen LogP contribution in [0.1, 0.15) is 47.8 Å². The number of hydrogen-bond acceptors (Lipinski definition) is 5. The molecule has 2 aliphatic rings. The van der Waals surface area contributed by atoms with Crippen LogP contribution in [0.2, 0.25) is 0 Å². The van der Waals surface area contributed by atoms with E-state index >= 15 is 0 Å². The molecule has 2 aromatic rings. The summed E-state index contributed by atoms with van der Waals surface area (Å²) in [5.41, 5.74) is 2.72. The standard InChI is InChI=1S/C23H27N3O3S2/c1-15-3-6-18(7-4-15)31(28,29)26-11-9-17(10-12-26)22(27)25-23-20(14-24)19-8-5-16(2)13-21(19)30-23/h3-4,6-7,16-17H,5,8-13H2,1-2H3,(H,25,27). The Hall–Kier alpha value is -2.21. The molecule has 1 fully saturated rings. The van der Waals surface area contributed by atoms with Gasteiger partial charge in [0.15, 0.2) is 0 Å². The van der Waals surface area contributed by atoms with Crippen molar-refractivity contribution in [2.24, 2.45) is 11.8 Å². The third-order valence-electron chi connectivity index (χ3n) is 6.34. The van der Waals surface area contributed by atoms with Gasteiger partial charge in [0.25, 0.3) is 0 Å². The lowest BCUT2D eigenvalue weighted by atomic mass is 9.88. The number of nitrogens with one attached hydrogen (secondary N) is 1. The third kappa shape index (κ3) is 4.40. The number of nitrogens with zero attached hydrogens (tertiary/aromatic N) is 2. The number of rotatable bonds is 4. The zero-order valence-corrected chi connectivity index (χ0v) is 19.5. The molecule has 0 radical (unpaired) electrons. The van der Waals surface area contributed by atoms with Crippen LogP contribution >= 0.6 is 11.3 Å². The summed E-state index contributed by atoms with van der Waals surface area (Å²) in [7, 11) is -3.54. The number of carbonyl (C=O) groups excluding carboxylic acids is 1. The molecule has 0 saturated carbocycles. The lowest BCUT2D eigenvalue weighted by Gasteiger charge is -2.30. The minimum Gasteiger partial charge on any atom is -0.316 e. The van der Waals surface area contributed by atoms with Crippen molar-refractivity contribution in [3.63, 3.8) is 0 Å². The molecule has 2 heterocycles. The van der Waals surface area contributed by atoms with Gasteiger partial charge in [-0.15, -0.1) is 11.3 Å². The number of hydrogen-bond donors (Lipinski definition) is 1. The van der Waals surface area contributed by atoms with Crippen LogP contribution in [0.15, 0.2) is 29.2 Å². The van der Waals surface area contributed by atoms with E-state index < -0.39 is 10.0 Å². The van der Waals surface area contributed by atoms with Gasteiger partial charge in [-0.25, -0.2) is 8.42 Å². The van der Waals surface area contributed by atoms with Gasteiger partial charge in [0, 0.05) is 23.9 Å². The fourth-order valence-electron chi connectivity index (χ4n) is 4.39. The van der Waals surface area contributed by atoms with Crippen molar-refractivity contribution in [1.29, 1.82) is 5.26 Å². The monoisotopic (exact) mass is 457 g/mol. The van der Waals surface area contributed by atoms with E-state index in [0.29, 0.717) is 42.4 Å². The second-order valence-electron chi connectivity index (χ2n) is 8.65. The summed E-state index contributed by atoms with van der Waals surface area (Å²) >= 11 is 1.53. The van der Waals surface area contributed by atoms with Crippen LogP contribution in [0.3, 0.4) is 0 Å². The molecule has 1 atom stereocenters. The van der Waals surface area contributed by atoms with Crippen LogP contribution in [0.5, 0.6) is 0 Å². The van der Waals surface area contributed by atoms with E-state index in [1.54, 1.807) is 24.3 Å². The van der Waals surface area contributed by atoms with Gasteiger partial charge in [-0.05, 0) is 62.6 Å². The van der Waals surface area contributed by atoms with Gasteiger partial charge in [-0.3, -0.25) is 4.79 Å². The van der Waals surface area contributed by atoms with Gasteiger partial charge in [0.2, 0.25) is 15.9 Å². The largest absolute Gasteiger partial charge is 0.316 e. The number of fused-ring (bicyclic) bond motifs is 1. The van der Waals surface area contributed by atoms with Crippen molar-refractivity contribution in [2.45, 2.75) is 50.8 Å². The molecule has 6 nitrogen and oxygen atoms in total. The minimum absolute atomic E-state index is 0.115. The van der Waals surface area contributed by atoms with Crippen molar-refractivity contribution >= 4 is 32.3 Å². The highest BCUT2D eigenvalue weighted by Crippen LogP contribution is 2.39. The fourth-order valence-corrected chi connectivity index (χ4v) is 7.22. The van der Waals surface area contributed by atoms with Gasteiger partial charge >= 0.3 is 0 Å². The topological polar surface area (TPSA) is 90.3 Å². The van der Waals surface area contributed by atoms with E-state index in [0.717, 1.165) is 30.4 Å². The van der Waals surface area contributed by atoms with Gasteiger partial charge in [0.05, 0.1) is 10.5 Å². The zero-order chi connectivity index (χ0) is 22.2. The first-order valence-electron chi connectivity index (χ1n) is 10.7. The van der Waals surface area contributed by atoms with Crippen molar-refractivity contribution in [3.8, 4) is 6.07 Å². The van der Waals surface area contributed by atoms with Gasteiger partial charge < -0.3 is 5.32 Å². The molecule has 0 bridgehead atoms. The Bertz CT molecular complexity index is 1120. The highest BCUT2D eigenvalue weighted by Gasteiger charge is 2.33. The molecule has 1 aliphatic heterocycles. The maximum absolute atomic E-state index is 12.9. The Morgan fingerprint density at radius 2 is 1.87 bits per heavy atom. The molecular weight excluding hydrogens is 430 g/mol. The second-order valence-corrected chi connectivity index (χ2v) is 11.7. The Labute approximate surface area is 187 Å². The summed E-state index contributed by atoms with van der Waals surface area (Å²) in [5.74, 6) is 0.227. The van der Waals surface area contributed by atoms with Crippen LogP contribution in [-0.2, 0) is 27.7 Å². The zero-order valence-electron chi connectivity index (χ0n) is 17.8. The molecule has 4 rings (SSSR count). The first-order valence-corrected chi connectivity index (χ1v) is 13.0. The highest BCUT2D eigenvalue weighted by molar-refractivity contribution is 7.89. The molecular formula is C23H27N3O3S2. The van der Waals surface area contributed by atoms with Crippen molar-refractivity contribution in [1.82, 2.24) is 4.31 Å². The average Bonchev–Trinajstić information content (AvgIpc) is 3.09. The summed E-state index contributed by atoms with van der Waals surface area (Å²) in [6.45, 7) is 4.77. The maximum atomic E-state index is 12.9. The maximum Gasteiger partial charge on any atom is 0.243 e. The van der Waals surface area contributed by atoms with Crippen LogP contribution < -0.4 is 5.32 Å². The smallest absolute Gasteiger partial charge is 0.243 e. The Balaban J connectivity index is 1.41. The van der Waals surface area contributed by atoms with E-state index in [9.17, 15) is 18.5 Å². The van der Waals surface area contributed by atoms with E-state index in [-0.39, 0.29) is 16.7 Å². The second kappa shape index (κ2) is 8.73. The quantitative estimate of drug-likeness (QED) is 0.749. The Morgan fingerprint density at radius 3 is 2.52 bits per heavy atom. The van der Waals surface area contributed by atoms with E-state index in [2.05, 4.69) is 18.3 Å². The van der Waals surface area contributed by atoms with Crippen molar-refractivity contribution < 1.29 is 13.2 Å². The Morgan fingerprint density at radius 1 is 1.19 bits per heavy atom. The number of amides is 1. The predicted molar refractivity (Wildman–Crippen MR) is 122 cm³/mol. The van der Waals surface area contributed by atoms with Gasteiger partial charge in [-0.2, -0.15) is 9.57 Å². The van der Waals surface area contributed by atoms with Crippen molar-refractivity contribution in [3.05, 3.63) is 45.8 Å². The van der Waals surface area contributed by atoms with Crippen LogP contribution in [0, 0.1) is 30.1 Å². The van der Waals surface area contributed by atoms with Crippen LogP contribution in [-0.4, -0.2) is 31.7 Å². The number of carbonyl (C=O) groups is 1.